The maximum Gasteiger partial charge on any atom is 0.183 e. The van der Waals surface area contributed by atoms with Crippen molar-refractivity contribution in [1.29, 1.82) is 0 Å². The van der Waals surface area contributed by atoms with Crippen LogP contribution in [-0.4, -0.2) is 55.6 Å². The van der Waals surface area contributed by atoms with E-state index in [9.17, 15) is 4.79 Å². The molecule has 0 spiro atoms. The maximum absolute atomic E-state index is 14.9. The molecule has 0 N–H and O–H groups in total. The van der Waals surface area contributed by atoms with Crippen LogP contribution >= 0.6 is 12.6 Å². The Morgan fingerprint density at radius 1 is 0.696 bits per heavy atom. The van der Waals surface area contributed by atoms with Gasteiger partial charge in [0.2, 0.25) is 0 Å². The normalized spacial score (nSPS) is 14.9. The largest absolute Gasteiger partial charge is 0.378 e. The number of hydrogen-bond donors (Lipinski definition) is 1. The van der Waals surface area contributed by atoms with E-state index in [-0.39, 0.29) is 5.78 Å². The van der Waals surface area contributed by atoms with E-state index in [1.807, 2.05) is 0 Å². The second kappa shape index (κ2) is 22.7. The van der Waals surface area contributed by atoms with E-state index in [0.29, 0.717) is 0 Å². The zero-order valence-electron chi connectivity index (χ0n) is 29.7. The van der Waals surface area contributed by atoms with Gasteiger partial charge in [0.15, 0.2) is 5.78 Å². The number of unbranched alkanes of at least 4 members (excludes halogenated alkanes) is 14. The van der Waals surface area contributed by atoms with Gasteiger partial charge in [-0.1, -0.05) is 123 Å². The van der Waals surface area contributed by atoms with Gasteiger partial charge in [0.05, 0.1) is 18.8 Å². The van der Waals surface area contributed by atoms with Crippen LogP contribution in [0.2, 0.25) is 0 Å². The summed E-state index contributed by atoms with van der Waals surface area (Å²) in [5.74, 6) is 0.276. The first-order valence-corrected chi connectivity index (χ1v) is 19.5. The van der Waals surface area contributed by atoms with E-state index < -0.39 is 5.54 Å². The average molecular weight is 651 g/mol. The van der Waals surface area contributed by atoms with Gasteiger partial charge in [-0.05, 0) is 80.7 Å². The van der Waals surface area contributed by atoms with Gasteiger partial charge in [-0.3, -0.25) is 9.69 Å². The quantitative estimate of drug-likeness (QED) is 0.0658. The molecule has 1 heterocycles. The molecule has 0 aliphatic carbocycles. The molecular formula is C41H66N2O2S. The molecule has 46 heavy (non-hydrogen) atoms. The van der Waals surface area contributed by atoms with Crippen molar-refractivity contribution in [2.45, 2.75) is 147 Å². The minimum Gasteiger partial charge on any atom is -0.378 e. The number of rotatable bonds is 25. The number of carbonyl (C=O) groups excluding carboxylic acids is 1. The molecule has 5 heteroatoms. The van der Waals surface area contributed by atoms with Gasteiger partial charge in [0.25, 0.3) is 0 Å². The van der Waals surface area contributed by atoms with Crippen LogP contribution in [-0.2, 0) is 11.2 Å². The van der Waals surface area contributed by atoms with Gasteiger partial charge < -0.3 is 9.64 Å². The van der Waals surface area contributed by atoms with Crippen LogP contribution in [0.5, 0.6) is 0 Å². The summed E-state index contributed by atoms with van der Waals surface area (Å²) in [5.41, 5.74) is 2.67. The SMILES string of the molecule is CCCCCCCCCCN(CCCCCCCCCC)C(CC)(Cc1ccc(S)cc1)C(=O)c1ccc(N2CCOCC2)cc1. The average Bonchev–Trinajstić information content (AvgIpc) is 3.09. The molecule has 4 nitrogen and oxygen atoms in total. The molecule has 1 unspecified atom stereocenters. The lowest BCUT2D eigenvalue weighted by Gasteiger charge is -2.43. The molecule has 0 bridgehead atoms. The topological polar surface area (TPSA) is 32.8 Å². The first kappa shape index (κ1) is 38.6. The summed E-state index contributed by atoms with van der Waals surface area (Å²) in [6.45, 7) is 12.1. The van der Waals surface area contributed by atoms with Crippen LogP contribution in [0, 0.1) is 0 Å². The highest BCUT2D eigenvalue weighted by Gasteiger charge is 2.42. The van der Waals surface area contributed by atoms with Gasteiger partial charge in [0, 0.05) is 29.2 Å². The third-order valence-electron chi connectivity index (χ3n) is 10.1. The van der Waals surface area contributed by atoms with Crippen LogP contribution in [0.15, 0.2) is 53.4 Å². The lowest BCUT2D eigenvalue weighted by atomic mass is 9.79. The molecule has 258 valence electrons. The van der Waals surface area contributed by atoms with Crippen molar-refractivity contribution in [3.05, 3.63) is 59.7 Å². The molecule has 0 radical (unpaired) electrons. The predicted molar refractivity (Wildman–Crippen MR) is 201 cm³/mol. The number of Topliss-reactive ketones (excluding diaryl/α,β-unsaturated/α-hetero) is 1. The van der Waals surface area contributed by atoms with Crippen LogP contribution in [0.4, 0.5) is 5.69 Å². The van der Waals surface area contributed by atoms with Crippen LogP contribution in [0.25, 0.3) is 0 Å². The fourth-order valence-electron chi connectivity index (χ4n) is 7.12. The summed E-state index contributed by atoms with van der Waals surface area (Å²) >= 11 is 4.55. The Kier molecular flexibility index (Phi) is 19.1. The zero-order valence-corrected chi connectivity index (χ0v) is 30.6. The Bertz CT molecular complexity index is 1050. The summed E-state index contributed by atoms with van der Waals surface area (Å²) < 4.78 is 5.57. The Labute approximate surface area is 288 Å². The number of nitrogens with zero attached hydrogens (tertiary/aromatic N) is 2. The van der Waals surface area contributed by atoms with E-state index in [2.05, 4.69) is 91.7 Å². The van der Waals surface area contributed by atoms with E-state index in [1.54, 1.807) is 0 Å². The highest BCUT2D eigenvalue weighted by molar-refractivity contribution is 7.80. The van der Waals surface area contributed by atoms with Crippen molar-refractivity contribution in [3.8, 4) is 0 Å². The number of anilines is 1. The molecule has 0 saturated carbocycles. The van der Waals surface area contributed by atoms with Crippen molar-refractivity contribution in [2.75, 3.05) is 44.3 Å². The van der Waals surface area contributed by atoms with E-state index >= 15 is 0 Å². The second-order valence-electron chi connectivity index (χ2n) is 13.6. The summed E-state index contributed by atoms with van der Waals surface area (Å²) in [4.78, 5) is 20.8. The number of carbonyl (C=O) groups is 1. The highest BCUT2D eigenvalue weighted by Crippen LogP contribution is 2.32. The maximum atomic E-state index is 14.9. The van der Waals surface area contributed by atoms with Crippen molar-refractivity contribution in [2.24, 2.45) is 0 Å². The molecule has 1 aliphatic rings. The van der Waals surface area contributed by atoms with Gasteiger partial charge in [0.1, 0.15) is 0 Å². The van der Waals surface area contributed by atoms with Crippen LogP contribution < -0.4 is 4.90 Å². The summed E-state index contributed by atoms with van der Waals surface area (Å²) in [5, 5.41) is 0. The third kappa shape index (κ3) is 13.0. The number of ketones is 1. The Hall–Kier alpha value is -1.82. The summed E-state index contributed by atoms with van der Waals surface area (Å²) in [6, 6.07) is 17.0. The lowest BCUT2D eigenvalue weighted by Crippen LogP contribution is -2.56. The lowest BCUT2D eigenvalue weighted by molar-refractivity contribution is 0.0495. The van der Waals surface area contributed by atoms with Crippen molar-refractivity contribution < 1.29 is 9.53 Å². The predicted octanol–water partition coefficient (Wildman–Crippen LogP) is 11.0. The molecule has 1 atom stereocenters. The van der Waals surface area contributed by atoms with Gasteiger partial charge in [-0.2, -0.15) is 0 Å². The minimum absolute atomic E-state index is 0.276. The minimum atomic E-state index is -0.569. The van der Waals surface area contributed by atoms with Crippen molar-refractivity contribution in [1.82, 2.24) is 4.90 Å². The first-order valence-electron chi connectivity index (χ1n) is 19.0. The van der Waals surface area contributed by atoms with E-state index in [0.717, 1.165) is 75.5 Å². The standard InChI is InChI=1S/C41H66N2O2S/c1-4-7-9-11-13-15-17-19-29-43(30-20-18-16-14-12-10-8-5-2)41(6-3,35-36-21-27-39(46)28-22-36)40(44)37-23-25-38(26-24-37)42-31-33-45-34-32-42/h21-28,46H,4-20,29-35H2,1-3H3. The Morgan fingerprint density at radius 3 is 1.65 bits per heavy atom. The van der Waals surface area contributed by atoms with Crippen molar-refractivity contribution in [3.63, 3.8) is 0 Å². The number of hydrogen-bond acceptors (Lipinski definition) is 5. The molecule has 1 aliphatic heterocycles. The molecule has 2 aromatic carbocycles. The van der Waals surface area contributed by atoms with Gasteiger partial charge in [-0.25, -0.2) is 0 Å². The van der Waals surface area contributed by atoms with E-state index in [4.69, 9.17) is 4.74 Å². The number of morpholine rings is 1. The second-order valence-corrected chi connectivity index (χ2v) is 14.2. The molecule has 2 aromatic rings. The molecule has 0 aromatic heterocycles. The monoisotopic (exact) mass is 650 g/mol. The molecule has 3 rings (SSSR count). The fraction of sp³-hybridized carbons (Fsp3) is 0.683. The highest BCUT2D eigenvalue weighted by atomic mass is 32.1. The molecular weight excluding hydrogens is 585 g/mol. The number of ether oxygens (including phenoxy) is 1. The summed E-state index contributed by atoms with van der Waals surface area (Å²) in [7, 11) is 0. The van der Waals surface area contributed by atoms with Gasteiger partial charge >= 0.3 is 0 Å². The van der Waals surface area contributed by atoms with Gasteiger partial charge in [-0.15, -0.1) is 12.6 Å². The smallest absolute Gasteiger partial charge is 0.183 e. The molecule has 1 saturated heterocycles. The zero-order chi connectivity index (χ0) is 32.9. The van der Waals surface area contributed by atoms with Crippen LogP contribution in [0.3, 0.4) is 0 Å². The van der Waals surface area contributed by atoms with E-state index in [1.165, 1.54) is 101 Å². The summed E-state index contributed by atoms with van der Waals surface area (Å²) in [6.07, 6.45) is 22.4. The molecule has 0 amide bonds. The van der Waals surface area contributed by atoms with Crippen LogP contribution in [0.1, 0.15) is 146 Å². The first-order chi connectivity index (χ1) is 22.5. The van der Waals surface area contributed by atoms with Crippen molar-refractivity contribution >= 4 is 24.1 Å². The number of benzene rings is 2. The Balaban J connectivity index is 1.80. The Morgan fingerprint density at radius 2 is 1.17 bits per heavy atom. The third-order valence-corrected chi connectivity index (χ3v) is 10.4. The number of thiol groups is 1. The molecule has 1 fully saturated rings. The fourth-order valence-corrected chi connectivity index (χ4v) is 7.27.